The number of allylic oxidation sites excluding steroid dienone is 1. The molecule has 0 fully saturated rings. The van der Waals surface area contributed by atoms with Crippen molar-refractivity contribution >= 4 is 23.5 Å². The number of anilines is 1. The summed E-state index contributed by atoms with van der Waals surface area (Å²) in [5.41, 5.74) is 6.74. The molecule has 0 spiro atoms. The molecule has 72 valence electrons. The highest BCUT2D eigenvalue weighted by Crippen LogP contribution is 2.10. The molecule has 1 aromatic heterocycles. The van der Waals surface area contributed by atoms with Crippen molar-refractivity contribution in [2.75, 3.05) is 11.6 Å². The Kier molecular flexibility index (Phi) is 3.96. The third kappa shape index (κ3) is 2.75. The minimum absolute atomic E-state index is 0.266. The second kappa shape index (κ2) is 5.25. The molecule has 0 atom stereocenters. The topological polar surface area (TPSA) is 62.7 Å². The molecule has 1 heterocycles. The number of nitrogens with two attached hydrogens (primary N) is 1. The number of hydrogen-bond donors (Lipinski definition) is 1. The quantitative estimate of drug-likeness (QED) is 0.773. The van der Waals surface area contributed by atoms with Crippen LogP contribution in [0.4, 0.5) is 5.82 Å². The fraction of sp³-hybridized carbons (Fsp3) is 0.200. The summed E-state index contributed by atoms with van der Waals surface area (Å²) < 4.78 is 0. The normalized spacial score (nSPS) is 10.3. The third-order valence-corrected chi connectivity index (χ3v) is 1.86. The number of alkyl halides is 1. The second-order valence-corrected chi connectivity index (χ2v) is 3.07. The molecule has 0 unspecified atom stereocenters. The molecule has 0 radical (unpaired) electrons. The summed E-state index contributed by atoms with van der Waals surface area (Å²) >= 11 is 5.51. The average Bonchev–Trinajstić information content (AvgIpc) is 2.21. The number of rotatable bonds is 3. The smallest absolute Gasteiger partial charge is 0.141 e. The molecule has 0 amide bonds. The van der Waals surface area contributed by atoms with Crippen LogP contribution in [0.2, 0.25) is 0 Å². The van der Waals surface area contributed by atoms with E-state index in [0.29, 0.717) is 11.4 Å². The summed E-state index contributed by atoms with van der Waals surface area (Å²) in [4.78, 5) is 3.90. The van der Waals surface area contributed by atoms with Crippen LogP contribution in [0.1, 0.15) is 17.5 Å². The Morgan fingerprint density at radius 1 is 1.64 bits per heavy atom. The standard InChI is InChI=1S/C10H10ClN3/c11-4-2-1-3-8-5-9(6-12)10(13)14-7-8/h1,3,5,7H,2,4H2,(H2,13,14). The molecule has 2 N–H and O–H groups in total. The van der Waals surface area contributed by atoms with Gasteiger partial charge in [0.1, 0.15) is 11.9 Å². The molecule has 3 nitrogen and oxygen atoms in total. The van der Waals surface area contributed by atoms with Crippen LogP contribution in [-0.2, 0) is 0 Å². The summed E-state index contributed by atoms with van der Waals surface area (Å²) in [6.07, 6.45) is 6.23. The van der Waals surface area contributed by atoms with Crippen LogP contribution in [0.3, 0.4) is 0 Å². The lowest BCUT2D eigenvalue weighted by Gasteiger charge is -1.97. The van der Waals surface area contributed by atoms with E-state index < -0.39 is 0 Å². The van der Waals surface area contributed by atoms with Crippen LogP contribution in [-0.4, -0.2) is 10.9 Å². The summed E-state index contributed by atoms with van der Waals surface area (Å²) in [6.45, 7) is 0. The van der Waals surface area contributed by atoms with Crippen molar-refractivity contribution in [2.45, 2.75) is 6.42 Å². The van der Waals surface area contributed by atoms with Gasteiger partial charge in [0.2, 0.25) is 0 Å². The van der Waals surface area contributed by atoms with Gasteiger partial charge in [0.05, 0.1) is 5.56 Å². The van der Waals surface area contributed by atoms with Crippen LogP contribution < -0.4 is 5.73 Å². The zero-order valence-corrected chi connectivity index (χ0v) is 8.33. The Hall–Kier alpha value is -1.53. The van der Waals surface area contributed by atoms with E-state index in [0.717, 1.165) is 12.0 Å². The Morgan fingerprint density at radius 3 is 3.07 bits per heavy atom. The number of hydrogen-bond acceptors (Lipinski definition) is 3. The molecule has 0 bridgehead atoms. The Morgan fingerprint density at radius 2 is 2.43 bits per heavy atom. The number of nitrogen functional groups attached to an aromatic ring is 1. The first-order valence-electron chi connectivity index (χ1n) is 4.16. The number of pyridine rings is 1. The number of nitrogens with zero attached hydrogens (tertiary/aromatic N) is 2. The minimum Gasteiger partial charge on any atom is -0.383 e. The van der Waals surface area contributed by atoms with Crippen molar-refractivity contribution in [2.24, 2.45) is 0 Å². The lowest BCUT2D eigenvalue weighted by molar-refractivity contribution is 1.24. The molecule has 0 saturated heterocycles. The Balaban J connectivity index is 2.86. The minimum atomic E-state index is 0.266. The predicted molar refractivity (Wildman–Crippen MR) is 57.7 cm³/mol. The van der Waals surface area contributed by atoms with Crippen LogP contribution in [0, 0.1) is 11.3 Å². The van der Waals surface area contributed by atoms with Gasteiger partial charge in [-0.25, -0.2) is 4.98 Å². The van der Waals surface area contributed by atoms with E-state index in [1.54, 1.807) is 12.3 Å². The summed E-state index contributed by atoms with van der Waals surface area (Å²) in [5.74, 6) is 0.853. The average molecular weight is 208 g/mol. The van der Waals surface area contributed by atoms with Gasteiger partial charge in [-0.3, -0.25) is 0 Å². The molecule has 0 aliphatic carbocycles. The molecule has 0 aliphatic heterocycles. The van der Waals surface area contributed by atoms with Gasteiger partial charge in [0.25, 0.3) is 0 Å². The third-order valence-electron chi connectivity index (χ3n) is 1.65. The Bertz CT molecular complexity index is 379. The molecule has 1 aromatic rings. The summed E-state index contributed by atoms with van der Waals surface area (Å²) in [6, 6.07) is 3.68. The van der Waals surface area contributed by atoms with Gasteiger partial charge in [-0.2, -0.15) is 5.26 Å². The monoisotopic (exact) mass is 207 g/mol. The molecular weight excluding hydrogens is 198 g/mol. The van der Waals surface area contributed by atoms with E-state index in [1.165, 1.54) is 0 Å². The highest BCUT2D eigenvalue weighted by Gasteiger charge is 1.98. The predicted octanol–water partition coefficient (Wildman–Crippen LogP) is 2.18. The molecule has 4 heteroatoms. The van der Waals surface area contributed by atoms with Crippen molar-refractivity contribution in [3.63, 3.8) is 0 Å². The number of aromatic nitrogens is 1. The van der Waals surface area contributed by atoms with Gasteiger partial charge in [0.15, 0.2) is 0 Å². The second-order valence-electron chi connectivity index (χ2n) is 2.69. The van der Waals surface area contributed by atoms with Crippen molar-refractivity contribution in [1.29, 1.82) is 5.26 Å². The van der Waals surface area contributed by atoms with Gasteiger partial charge in [0, 0.05) is 12.1 Å². The lowest BCUT2D eigenvalue weighted by atomic mass is 10.2. The maximum absolute atomic E-state index is 8.70. The van der Waals surface area contributed by atoms with Gasteiger partial charge in [-0.1, -0.05) is 12.2 Å². The van der Waals surface area contributed by atoms with Crippen LogP contribution >= 0.6 is 11.6 Å². The van der Waals surface area contributed by atoms with E-state index in [4.69, 9.17) is 22.6 Å². The summed E-state index contributed by atoms with van der Waals surface area (Å²) in [5, 5.41) is 8.70. The zero-order chi connectivity index (χ0) is 10.4. The fourth-order valence-electron chi connectivity index (χ4n) is 0.955. The van der Waals surface area contributed by atoms with Crippen LogP contribution in [0.15, 0.2) is 18.3 Å². The summed E-state index contributed by atoms with van der Waals surface area (Å²) in [7, 11) is 0. The van der Waals surface area contributed by atoms with E-state index in [1.807, 2.05) is 18.2 Å². The lowest BCUT2D eigenvalue weighted by Crippen LogP contribution is -1.94. The Labute approximate surface area is 87.8 Å². The van der Waals surface area contributed by atoms with Gasteiger partial charge < -0.3 is 5.73 Å². The highest BCUT2D eigenvalue weighted by molar-refractivity contribution is 6.17. The van der Waals surface area contributed by atoms with Crippen molar-refractivity contribution in [1.82, 2.24) is 4.98 Å². The molecule has 1 rings (SSSR count). The SMILES string of the molecule is N#Cc1cc(C=CCCCl)cnc1N. The van der Waals surface area contributed by atoms with Crippen molar-refractivity contribution in [3.05, 3.63) is 29.5 Å². The number of halogens is 1. The fourth-order valence-corrected chi connectivity index (χ4v) is 1.08. The number of nitriles is 1. The van der Waals surface area contributed by atoms with Gasteiger partial charge in [-0.05, 0) is 18.1 Å². The largest absolute Gasteiger partial charge is 0.383 e. The molecule has 0 saturated carbocycles. The molecular formula is C10H10ClN3. The van der Waals surface area contributed by atoms with E-state index in [2.05, 4.69) is 4.98 Å². The van der Waals surface area contributed by atoms with E-state index in [9.17, 15) is 0 Å². The first-order valence-corrected chi connectivity index (χ1v) is 4.69. The molecule has 0 aliphatic rings. The first-order chi connectivity index (χ1) is 6.77. The van der Waals surface area contributed by atoms with Crippen molar-refractivity contribution < 1.29 is 0 Å². The van der Waals surface area contributed by atoms with Crippen LogP contribution in [0.25, 0.3) is 6.08 Å². The highest BCUT2D eigenvalue weighted by atomic mass is 35.5. The maximum Gasteiger partial charge on any atom is 0.141 e. The van der Waals surface area contributed by atoms with Crippen LogP contribution in [0.5, 0.6) is 0 Å². The first kappa shape index (κ1) is 10.6. The van der Waals surface area contributed by atoms with Crippen molar-refractivity contribution in [3.8, 4) is 6.07 Å². The molecule has 14 heavy (non-hydrogen) atoms. The van der Waals surface area contributed by atoms with E-state index in [-0.39, 0.29) is 5.82 Å². The zero-order valence-electron chi connectivity index (χ0n) is 7.57. The van der Waals surface area contributed by atoms with E-state index >= 15 is 0 Å². The van der Waals surface area contributed by atoms with Gasteiger partial charge >= 0.3 is 0 Å². The molecule has 0 aromatic carbocycles. The van der Waals surface area contributed by atoms with Gasteiger partial charge in [-0.15, -0.1) is 11.6 Å². The maximum atomic E-state index is 8.70.